The number of ether oxygens (including phenoxy) is 1. The minimum Gasteiger partial charge on any atom is -0.459 e. The van der Waals surface area contributed by atoms with Gasteiger partial charge in [0.05, 0.1) is 18.0 Å². The number of esters is 1. The van der Waals surface area contributed by atoms with Crippen LogP contribution in [0.4, 0.5) is 0 Å². The summed E-state index contributed by atoms with van der Waals surface area (Å²) in [7, 11) is -3.76. The van der Waals surface area contributed by atoms with Gasteiger partial charge in [-0.3, -0.25) is 8.98 Å². The molecule has 0 aliphatic carbocycles. The number of hydrogen-bond acceptors (Lipinski definition) is 6. The summed E-state index contributed by atoms with van der Waals surface area (Å²) < 4.78 is 33.8. The van der Waals surface area contributed by atoms with Crippen molar-refractivity contribution in [1.29, 1.82) is 0 Å². The highest BCUT2D eigenvalue weighted by molar-refractivity contribution is 7.86. The first-order valence-corrected chi connectivity index (χ1v) is 8.40. The van der Waals surface area contributed by atoms with Crippen molar-refractivity contribution in [2.45, 2.75) is 38.2 Å². The van der Waals surface area contributed by atoms with Crippen molar-refractivity contribution >= 4 is 16.1 Å². The summed E-state index contributed by atoms with van der Waals surface area (Å²) in [6, 6.07) is 6.41. The van der Waals surface area contributed by atoms with Gasteiger partial charge in [0.1, 0.15) is 5.60 Å². The van der Waals surface area contributed by atoms with E-state index in [2.05, 4.69) is 5.32 Å². The van der Waals surface area contributed by atoms with Crippen LogP contribution >= 0.6 is 0 Å². The van der Waals surface area contributed by atoms with Gasteiger partial charge in [-0.15, -0.1) is 0 Å². The normalized spacial score (nSPS) is 12.2. The average Bonchev–Trinajstić information content (AvgIpc) is 2.36. The molecule has 22 heavy (non-hydrogen) atoms. The standard InChI is InChI=1S/C15H23NO5S/c1-12-5-7-13(8-6-12)22(18,19)20-10-9-16-11-14(17)21-15(2,3)4/h5-8,16H,9-11H2,1-4H3. The highest BCUT2D eigenvalue weighted by Crippen LogP contribution is 2.12. The Morgan fingerprint density at radius 2 is 1.77 bits per heavy atom. The number of rotatable bonds is 7. The third kappa shape index (κ3) is 7.02. The van der Waals surface area contributed by atoms with Crippen LogP contribution in [-0.2, 0) is 23.8 Å². The van der Waals surface area contributed by atoms with Gasteiger partial charge in [-0.05, 0) is 39.8 Å². The summed E-state index contributed by atoms with van der Waals surface area (Å²) in [5.74, 6) is -0.395. The van der Waals surface area contributed by atoms with Crippen LogP contribution in [0.5, 0.6) is 0 Å². The monoisotopic (exact) mass is 329 g/mol. The quantitative estimate of drug-likeness (QED) is 0.465. The van der Waals surface area contributed by atoms with Crippen LogP contribution in [0.3, 0.4) is 0 Å². The van der Waals surface area contributed by atoms with Gasteiger partial charge in [-0.25, -0.2) is 0 Å². The Bertz CT molecular complexity index is 587. The Hall–Kier alpha value is -1.44. The molecular formula is C15H23NO5S. The maximum atomic E-state index is 11.9. The van der Waals surface area contributed by atoms with Gasteiger partial charge in [0.2, 0.25) is 0 Å². The van der Waals surface area contributed by atoms with Crippen molar-refractivity contribution in [2.75, 3.05) is 19.7 Å². The number of hydrogen-bond donors (Lipinski definition) is 1. The van der Waals surface area contributed by atoms with Crippen molar-refractivity contribution in [3.05, 3.63) is 29.8 Å². The fourth-order valence-corrected chi connectivity index (χ4v) is 2.47. The average molecular weight is 329 g/mol. The van der Waals surface area contributed by atoms with E-state index in [4.69, 9.17) is 8.92 Å². The molecule has 0 fully saturated rings. The van der Waals surface area contributed by atoms with E-state index < -0.39 is 21.7 Å². The smallest absolute Gasteiger partial charge is 0.320 e. The Labute approximate surface area is 131 Å². The maximum absolute atomic E-state index is 11.9. The van der Waals surface area contributed by atoms with E-state index in [1.807, 2.05) is 6.92 Å². The molecule has 6 nitrogen and oxygen atoms in total. The first-order chi connectivity index (χ1) is 10.1. The number of carbonyl (C=O) groups is 1. The fraction of sp³-hybridized carbons (Fsp3) is 0.533. The summed E-state index contributed by atoms with van der Waals surface area (Å²) in [5, 5.41) is 2.78. The van der Waals surface area contributed by atoms with Crippen molar-refractivity contribution in [2.24, 2.45) is 0 Å². The molecule has 1 N–H and O–H groups in total. The van der Waals surface area contributed by atoms with Gasteiger partial charge in [0, 0.05) is 6.54 Å². The highest BCUT2D eigenvalue weighted by Gasteiger charge is 2.16. The molecule has 0 heterocycles. The Morgan fingerprint density at radius 3 is 2.32 bits per heavy atom. The summed E-state index contributed by atoms with van der Waals surface area (Å²) in [5.41, 5.74) is 0.433. The first-order valence-electron chi connectivity index (χ1n) is 6.99. The summed E-state index contributed by atoms with van der Waals surface area (Å²) >= 11 is 0. The Kier molecular flexibility index (Phi) is 6.52. The zero-order chi connectivity index (χ0) is 16.8. The molecule has 0 atom stereocenters. The Morgan fingerprint density at radius 1 is 1.18 bits per heavy atom. The van der Waals surface area contributed by atoms with E-state index in [0.717, 1.165) is 5.56 Å². The predicted octanol–water partition coefficient (Wildman–Crippen LogP) is 1.63. The molecule has 0 spiro atoms. The molecule has 0 aliphatic heterocycles. The topological polar surface area (TPSA) is 81.7 Å². The lowest BCUT2D eigenvalue weighted by atomic mass is 10.2. The van der Waals surface area contributed by atoms with Crippen LogP contribution in [0.1, 0.15) is 26.3 Å². The second-order valence-corrected chi connectivity index (χ2v) is 7.47. The molecule has 0 radical (unpaired) electrons. The first kappa shape index (κ1) is 18.6. The van der Waals surface area contributed by atoms with Crippen LogP contribution < -0.4 is 5.32 Å². The highest BCUT2D eigenvalue weighted by atomic mass is 32.2. The lowest BCUT2D eigenvalue weighted by Gasteiger charge is -2.19. The number of carbonyl (C=O) groups excluding carboxylic acids is 1. The maximum Gasteiger partial charge on any atom is 0.320 e. The van der Waals surface area contributed by atoms with Crippen molar-refractivity contribution < 1.29 is 22.1 Å². The van der Waals surface area contributed by atoms with Gasteiger partial charge < -0.3 is 10.1 Å². The van der Waals surface area contributed by atoms with Gasteiger partial charge in [-0.1, -0.05) is 17.7 Å². The molecule has 0 aromatic heterocycles. The van der Waals surface area contributed by atoms with Crippen LogP contribution in [-0.4, -0.2) is 39.7 Å². The van der Waals surface area contributed by atoms with Crippen LogP contribution in [0.15, 0.2) is 29.2 Å². The minimum atomic E-state index is -3.76. The number of nitrogens with one attached hydrogen (secondary N) is 1. The summed E-state index contributed by atoms with van der Waals surface area (Å²) in [6.45, 7) is 7.39. The van der Waals surface area contributed by atoms with E-state index in [-0.39, 0.29) is 24.6 Å². The molecular weight excluding hydrogens is 306 g/mol. The third-order valence-electron chi connectivity index (χ3n) is 2.52. The summed E-state index contributed by atoms with van der Waals surface area (Å²) in [4.78, 5) is 11.5. The molecule has 0 saturated carbocycles. The number of aryl methyl sites for hydroxylation is 1. The molecule has 0 unspecified atom stereocenters. The lowest BCUT2D eigenvalue weighted by molar-refractivity contribution is -0.153. The fourth-order valence-electron chi connectivity index (χ4n) is 1.56. The zero-order valence-electron chi connectivity index (χ0n) is 13.4. The van der Waals surface area contributed by atoms with Crippen LogP contribution in [0.2, 0.25) is 0 Å². The molecule has 1 rings (SSSR count). The van der Waals surface area contributed by atoms with E-state index in [9.17, 15) is 13.2 Å². The largest absolute Gasteiger partial charge is 0.459 e. The zero-order valence-corrected chi connectivity index (χ0v) is 14.2. The molecule has 7 heteroatoms. The molecule has 1 aromatic carbocycles. The predicted molar refractivity (Wildman–Crippen MR) is 83.0 cm³/mol. The van der Waals surface area contributed by atoms with Crippen LogP contribution in [0, 0.1) is 6.92 Å². The SMILES string of the molecule is Cc1ccc(S(=O)(=O)OCCNCC(=O)OC(C)(C)C)cc1. The van der Waals surface area contributed by atoms with Crippen LogP contribution in [0.25, 0.3) is 0 Å². The van der Waals surface area contributed by atoms with Gasteiger partial charge in [0.15, 0.2) is 0 Å². The second-order valence-electron chi connectivity index (χ2n) is 5.85. The van der Waals surface area contributed by atoms with Gasteiger partial charge >= 0.3 is 5.97 Å². The molecule has 0 bridgehead atoms. The van der Waals surface area contributed by atoms with Gasteiger partial charge in [0.25, 0.3) is 10.1 Å². The second kappa shape index (κ2) is 7.71. The third-order valence-corrected chi connectivity index (χ3v) is 3.84. The van der Waals surface area contributed by atoms with Gasteiger partial charge in [-0.2, -0.15) is 8.42 Å². The molecule has 0 saturated heterocycles. The van der Waals surface area contributed by atoms with Crippen molar-refractivity contribution in [1.82, 2.24) is 5.32 Å². The van der Waals surface area contributed by atoms with E-state index >= 15 is 0 Å². The van der Waals surface area contributed by atoms with Crippen molar-refractivity contribution in [3.8, 4) is 0 Å². The Balaban J connectivity index is 2.32. The summed E-state index contributed by atoms with van der Waals surface area (Å²) in [6.07, 6.45) is 0. The molecule has 0 amide bonds. The van der Waals surface area contributed by atoms with E-state index in [1.54, 1.807) is 32.9 Å². The molecule has 1 aromatic rings. The van der Waals surface area contributed by atoms with E-state index in [1.165, 1.54) is 12.1 Å². The minimum absolute atomic E-state index is 0.00517. The number of benzene rings is 1. The molecule has 124 valence electrons. The van der Waals surface area contributed by atoms with Crippen molar-refractivity contribution in [3.63, 3.8) is 0 Å². The van der Waals surface area contributed by atoms with E-state index in [0.29, 0.717) is 0 Å². The lowest BCUT2D eigenvalue weighted by Crippen LogP contribution is -2.33. The molecule has 0 aliphatic rings.